The Morgan fingerprint density at radius 3 is 1.69 bits per heavy atom. The van der Waals surface area contributed by atoms with Crippen molar-refractivity contribution in [1.82, 2.24) is 21.2 Å². The number of carbonyl (C=O) groups excluding carboxylic acids is 4. The first-order valence-electron chi connectivity index (χ1n) is 11.2. The second-order valence-corrected chi connectivity index (χ2v) is 7.59. The number of hydrazine groups is 1. The zero-order chi connectivity index (χ0) is 24.9. The highest BCUT2D eigenvalue weighted by atomic mass is 16.2. The zero-order valence-corrected chi connectivity index (χ0v) is 19.1. The number of carbonyl (C=O) groups is 4. The van der Waals surface area contributed by atoms with Crippen LogP contribution in [0.4, 0.5) is 11.4 Å². The average molecular weight is 474 g/mol. The summed E-state index contributed by atoms with van der Waals surface area (Å²) in [6.07, 6.45) is 1.34. The second kappa shape index (κ2) is 13.2. The molecule has 0 unspecified atom stereocenters. The first kappa shape index (κ1) is 25.1. The fourth-order valence-corrected chi connectivity index (χ4v) is 3.20. The van der Waals surface area contributed by atoms with E-state index in [1.165, 1.54) is 0 Å². The molecule has 4 amide bonds. The second-order valence-electron chi connectivity index (χ2n) is 7.59. The van der Waals surface area contributed by atoms with Gasteiger partial charge in [0.1, 0.15) is 0 Å². The summed E-state index contributed by atoms with van der Waals surface area (Å²) in [5.41, 5.74) is 6.66. The van der Waals surface area contributed by atoms with Crippen molar-refractivity contribution in [2.24, 2.45) is 0 Å². The first-order chi connectivity index (χ1) is 17.0. The molecule has 35 heavy (non-hydrogen) atoms. The highest BCUT2D eigenvalue weighted by molar-refractivity contribution is 6.01. The van der Waals surface area contributed by atoms with Gasteiger partial charge in [-0.1, -0.05) is 42.5 Å². The number of hydrogen-bond donors (Lipinski definition) is 3. The van der Waals surface area contributed by atoms with E-state index in [2.05, 4.69) is 21.2 Å². The fourth-order valence-electron chi connectivity index (χ4n) is 3.20. The number of nitrogens with zero attached hydrogens (tertiary/aromatic N) is 2. The quantitative estimate of drug-likeness (QED) is 0.391. The van der Waals surface area contributed by atoms with Crippen molar-refractivity contribution in [1.29, 1.82) is 0 Å². The van der Waals surface area contributed by atoms with Crippen LogP contribution in [0.25, 0.3) is 0 Å². The summed E-state index contributed by atoms with van der Waals surface area (Å²) in [6, 6.07) is 23.7. The number of nitrogens with one attached hydrogen (secondary N) is 3. The Balaban J connectivity index is 1.40. The maximum atomic E-state index is 12.9. The van der Waals surface area contributed by atoms with E-state index >= 15 is 0 Å². The van der Waals surface area contributed by atoms with E-state index in [1.54, 1.807) is 23.2 Å². The van der Waals surface area contributed by atoms with Crippen molar-refractivity contribution in [2.75, 3.05) is 4.90 Å². The highest BCUT2D eigenvalue weighted by Gasteiger charge is 2.19. The van der Waals surface area contributed by atoms with Crippen LogP contribution < -0.4 is 21.1 Å². The standard InChI is InChI=1S/C26H27N5O4/c32-23(28-19-20-9-7-8-18-27-20)14-15-24(33)29-30-25(34)16-17-26(35)31(21-10-3-1-4-11-21)22-12-5-2-6-13-22/h1-13,18H,14-17,19H2,(H,28,32)(H,29,33)(H,30,34). The summed E-state index contributed by atoms with van der Waals surface area (Å²) >= 11 is 0. The number of amides is 4. The monoisotopic (exact) mass is 473 g/mol. The molecular weight excluding hydrogens is 446 g/mol. The van der Waals surface area contributed by atoms with Gasteiger partial charge >= 0.3 is 0 Å². The molecule has 3 N–H and O–H groups in total. The van der Waals surface area contributed by atoms with Gasteiger partial charge in [-0.2, -0.15) is 0 Å². The number of benzene rings is 2. The predicted octanol–water partition coefficient (Wildman–Crippen LogP) is 2.77. The smallest absolute Gasteiger partial charge is 0.238 e. The van der Waals surface area contributed by atoms with Gasteiger partial charge in [0, 0.05) is 43.3 Å². The van der Waals surface area contributed by atoms with Crippen LogP contribution in [0.15, 0.2) is 85.1 Å². The Bertz CT molecular complexity index is 1080. The molecule has 3 aromatic rings. The number of para-hydroxylation sites is 2. The third-order valence-corrected chi connectivity index (χ3v) is 4.96. The normalized spacial score (nSPS) is 10.2. The summed E-state index contributed by atoms with van der Waals surface area (Å²) in [7, 11) is 0. The van der Waals surface area contributed by atoms with E-state index < -0.39 is 11.8 Å². The van der Waals surface area contributed by atoms with Gasteiger partial charge in [0.2, 0.25) is 23.6 Å². The molecule has 0 aliphatic carbocycles. The van der Waals surface area contributed by atoms with Gasteiger partial charge in [0.15, 0.2) is 0 Å². The summed E-state index contributed by atoms with van der Waals surface area (Å²) in [5.74, 6) is -1.57. The van der Waals surface area contributed by atoms with Gasteiger partial charge in [-0.3, -0.25) is 39.9 Å². The number of rotatable bonds is 10. The molecule has 0 saturated carbocycles. The number of hydrogen-bond acceptors (Lipinski definition) is 5. The average Bonchev–Trinajstić information content (AvgIpc) is 2.90. The topological polar surface area (TPSA) is 120 Å². The molecule has 1 heterocycles. The molecule has 0 aliphatic rings. The minimum Gasteiger partial charge on any atom is -0.350 e. The lowest BCUT2D eigenvalue weighted by Crippen LogP contribution is -2.42. The van der Waals surface area contributed by atoms with Gasteiger partial charge in [0.05, 0.1) is 12.2 Å². The molecule has 0 spiro atoms. The Labute approximate surface area is 203 Å². The molecule has 0 radical (unpaired) electrons. The van der Waals surface area contributed by atoms with Crippen LogP contribution in [-0.2, 0) is 25.7 Å². The Morgan fingerprint density at radius 1 is 0.629 bits per heavy atom. The Hall–Kier alpha value is -4.53. The third kappa shape index (κ3) is 8.39. The van der Waals surface area contributed by atoms with Gasteiger partial charge in [-0.25, -0.2) is 0 Å². The van der Waals surface area contributed by atoms with Crippen molar-refractivity contribution < 1.29 is 19.2 Å². The fraction of sp³-hybridized carbons (Fsp3) is 0.192. The van der Waals surface area contributed by atoms with E-state index in [0.29, 0.717) is 17.1 Å². The molecule has 0 aliphatic heterocycles. The van der Waals surface area contributed by atoms with E-state index in [0.717, 1.165) is 0 Å². The largest absolute Gasteiger partial charge is 0.350 e. The third-order valence-electron chi connectivity index (χ3n) is 4.96. The summed E-state index contributed by atoms with van der Waals surface area (Å²) in [4.78, 5) is 54.6. The first-order valence-corrected chi connectivity index (χ1v) is 11.2. The molecule has 180 valence electrons. The molecule has 0 saturated heterocycles. The molecule has 1 aromatic heterocycles. The van der Waals surface area contributed by atoms with Gasteiger partial charge in [0.25, 0.3) is 0 Å². The molecular formula is C26H27N5O4. The van der Waals surface area contributed by atoms with Crippen molar-refractivity contribution in [3.63, 3.8) is 0 Å². The lowest BCUT2D eigenvalue weighted by atomic mass is 10.2. The lowest BCUT2D eigenvalue weighted by Gasteiger charge is -2.23. The molecule has 9 nitrogen and oxygen atoms in total. The Morgan fingerprint density at radius 2 is 1.14 bits per heavy atom. The predicted molar refractivity (Wildman–Crippen MR) is 131 cm³/mol. The maximum absolute atomic E-state index is 12.9. The number of aromatic nitrogens is 1. The minimum absolute atomic E-state index is 0.0316. The van der Waals surface area contributed by atoms with Crippen molar-refractivity contribution >= 4 is 35.0 Å². The highest BCUT2D eigenvalue weighted by Crippen LogP contribution is 2.26. The molecule has 0 fully saturated rings. The zero-order valence-electron chi connectivity index (χ0n) is 19.1. The summed E-state index contributed by atoms with van der Waals surface area (Å²) in [5, 5.41) is 2.68. The van der Waals surface area contributed by atoms with Crippen LogP contribution in [0.1, 0.15) is 31.4 Å². The SMILES string of the molecule is O=C(CCC(=O)NNC(=O)CCC(=O)N(c1ccccc1)c1ccccc1)NCc1ccccn1. The summed E-state index contributed by atoms with van der Waals surface area (Å²) < 4.78 is 0. The van der Waals surface area contributed by atoms with E-state index in [9.17, 15) is 19.2 Å². The number of pyridine rings is 1. The summed E-state index contributed by atoms with van der Waals surface area (Å²) in [6.45, 7) is 0.273. The van der Waals surface area contributed by atoms with Gasteiger partial charge in [-0.05, 0) is 36.4 Å². The van der Waals surface area contributed by atoms with Crippen LogP contribution in [0.2, 0.25) is 0 Å². The van der Waals surface area contributed by atoms with Crippen LogP contribution in [0.5, 0.6) is 0 Å². The van der Waals surface area contributed by atoms with E-state index in [-0.39, 0.29) is 44.0 Å². The molecule has 0 bridgehead atoms. The van der Waals surface area contributed by atoms with Crippen molar-refractivity contribution in [3.05, 3.63) is 90.8 Å². The van der Waals surface area contributed by atoms with Crippen LogP contribution in [0.3, 0.4) is 0 Å². The molecule has 3 rings (SSSR count). The minimum atomic E-state index is -0.507. The maximum Gasteiger partial charge on any atom is 0.238 e. The van der Waals surface area contributed by atoms with Crippen LogP contribution in [-0.4, -0.2) is 28.6 Å². The van der Waals surface area contributed by atoms with Crippen LogP contribution >= 0.6 is 0 Å². The van der Waals surface area contributed by atoms with E-state index in [4.69, 9.17) is 0 Å². The van der Waals surface area contributed by atoms with Crippen LogP contribution in [0, 0.1) is 0 Å². The van der Waals surface area contributed by atoms with Crippen molar-refractivity contribution in [3.8, 4) is 0 Å². The lowest BCUT2D eigenvalue weighted by molar-refractivity contribution is -0.131. The molecule has 0 atom stereocenters. The van der Waals surface area contributed by atoms with E-state index in [1.807, 2.05) is 66.7 Å². The molecule has 2 aromatic carbocycles. The Kier molecular flexibility index (Phi) is 9.50. The van der Waals surface area contributed by atoms with Gasteiger partial charge < -0.3 is 5.32 Å². The van der Waals surface area contributed by atoms with Crippen molar-refractivity contribution in [2.45, 2.75) is 32.2 Å². The number of anilines is 2. The molecule has 9 heteroatoms. The van der Waals surface area contributed by atoms with Gasteiger partial charge in [-0.15, -0.1) is 0 Å².